The van der Waals surface area contributed by atoms with Crippen molar-refractivity contribution in [2.75, 3.05) is 17.7 Å². The summed E-state index contributed by atoms with van der Waals surface area (Å²) in [6.45, 7) is 0. The van der Waals surface area contributed by atoms with Crippen molar-refractivity contribution < 1.29 is 22.7 Å². The number of alkyl halides is 3. The van der Waals surface area contributed by atoms with E-state index in [1.54, 1.807) is 24.3 Å². The number of carbonyl (C=O) groups is 1. The first-order chi connectivity index (χ1) is 17.3. The van der Waals surface area contributed by atoms with Gasteiger partial charge in [0.1, 0.15) is 17.1 Å². The van der Waals surface area contributed by atoms with E-state index in [-0.39, 0.29) is 17.8 Å². The van der Waals surface area contributed by atoms with Crippen molar-refractivity contribution in [1.29, 1.82) is 0 Å². The lowest BCUT2D eigenvalue weighted by Gasteiger charge is -2.34. The number of benzene rings is 2. The van der Waals surface area contributed by atoms with E-state index < -0.39 is 24.2 Å². The Morgan fingerprint density at radius 1 is 1.03 bits per heavy atom. The summed E-state index contributed by atoms with van der Waals surface area (Å²) in [5.74, 6) is 0.706. The number of methoxy groups -OCH3 is 1. The summed E-state index contributed by atoms with van der Waals surface area (Å²) >= 11 is 0. The summed E-state index contributed by atoms with van der Waals surface area (Å²) in [6, 6.07) is 12.1. The van der Waals surface area contributed by atoms with Crippen molar-refractivity contribution in [2.45, 2.75) is 62.7 Å². The highest BCUT2D eigenvalue weighted by atomic mass is 19.4. The number of hydrogen-bond donors (Lipinski definition) is 2. The fraction of sp³-hybridized carbons (Fsp3) is 0.407. The molecule has 2 N–H and O–H groups in total. The molecule has 1 fully saturated rings. The molecule has 9 heteroatoms. The highest BCUT2D eigenvalue weighted by molar-refractivity contribution is 6.07. The summed E-state index contributed by atoms with van der Waals surface area (Å²) < 4.78 is 47.9. The highest BCUT2D eigenvalue weighted by Gasteiger charge is 2.47. The van der Waals surface area contributed by atoms with Crippen LogP contribution < -0.4 is 15.4 Å². The van der Waals surface area contributed by atoms with Crippen LogP contribution in [-0.4, -0.2) is 29.0 Å². The van der Waals surface area contributed by atoms with Crippen LogP contribution >= 0.6 is 0 Å². The number of halogens is 3. The number of fused-ring (bicyclic) bond motifs is 1. The second-order valence-electron chi connectivity index (χ2n) is 9.53. The van der Waals surface area contributed by atoms with E-state index in [1.807, 2.05) is 24.3 Å². The van der Waals surface area contributed by atoms with Gasteiger partial charge in [-0.15, -0.1) is 0 Å². The van der Waals surface area contributed by atoms with Crippen LogP contribution in [0.4, 0.5) is 24.7 Å². The summed E-state index contributed by atoms with van der Waals surface area (Å²) in [5.41, 5.74) is 2.59. The average molecular weight is 499 g/mol. The van der Waals surface area contributed by atoms with Crippen LogP contribution in [0.1, 0.15) is 78.0 Å². The Morgan fingerprint density at radius 3 is 2.33 bits per heavy atom. The molecule has 2 heterocycles. The van der Waals surface area contributed by atoms with Gasteiger partial charge in [0.2, 0.25) is 0 Å². The zero-order chi connectivity index (χ0) is 25.3. The van der Waals surface area contributed by atoms with Crippen molar-refractivity contribution in [3.05, 3.63) is 71.4 Å². The molecule has 1 aliphatic heterocycles. The Bertz CT molecular complexity index is 1200. The van der Waals surface area contributed by atoms with Crippen LogP contribution in [0.5, 0.6) is 5.75 Å². The molecule has 1 aliphatic carbocycles. The average Bonchev–Trinajstić information content (AvgIpc) is 3.33. The van der Waals surface area contributed by atoms with E-state index in [1.165, 1.54) is 51.0 Å². The lowest BCUT2D eigenvalue weighted by molar-refractivity contribution is -0.173. The first kappa shape index (κ1) is 24.2. The third-order valence-electron chi connectivity index (χ3n) is 7.25. The van der Waals surface area contributed by atoms with Crippen LogP contribution in [-0.2, 0) is 0 Å². The van der Waals surface area contributed by atoms with Crippen LogP contribution in [0, 0.1) is 0 Å². The monoisotopic (exact) mass is 498 g/mol. The van der Waals surface area contributed by atoms with Crippen LogP contribution in [0.15, 0.2) is 54.7 Å². The Labute approximate surface area is 207 Å². The first-order valence-electron chi connectivity index (χ1n) is 12.3. The maximum Gasteiger partial charge on any atom is 0.410 e. The normalized spacial score (nSPS) is 20.3. The zero-order valence-electron chi connectivity index (χ0n) is 20.0. The van der Waals surface area contributed by atoms with Gasteiger partial charge in [-0.25, -0.2) is 4.68 Å². The molecule has 190 valence electrons. The van der Waals surface area contributed by atoms with Crippen molar-refractivity contribution in [3.8, 4) is 5.75 Å². The number of anilines is 2. The van der Waals surface area contributed by atoms with Crippen molar-refractivity contribution in [1.82, 2.24) is 9.78 Å². The molecule has 2 atom stereocenters. The second-order valence-corrected chi connectivity index (χ2v) is 9.53. The van der Waals surface area contributed by atoms with Gasteiger partial charge in [-0.2, -0.15) is 18.3 Å². The van der Waals surface area contributed by atoms with Gasteiger partial charge < -0.3 is 15.4 Å². The van der Waals surface area contributed by atoms with E-state index >= 15 is 0 Å². The molecule has 6 nitrogen and oxygen atoms in total. The van der Waals surface area contributed by atoms with Gasteiger partial charge in [-0.05, 0) is 54.2 Å². The maximum absolute atomic E-state index is 14.0. The van der Waals surface area contributed by atoms with Crippen molar-refractivity contribution in [3.63, 3.8) is 0 Å². The summed E-state index contributed by atoms with van der Waals surface area (Å²) in [5, 5.41) is 9.89. The highest BCUT2D eigenvalue weighted by Crippen LogP contribution is 2.44. The fourth-order valence-electron chi connectivity index (χ4n) is 5.26. The molecule has 1 amide bonds. The fourth-order valence-corrected chi connectivity index (χ4v) is 5.26. The van der Waals surface area contributed by atoms with Gasteiger partial charge in [0.05, 0.1) is 19.3 Å². The molecule has 1 saturated carbocycles. The van der Waals surface area contributed by atoms with E-state index in [0.717, 1.165) is 4.68 Å². The van der Waals surface area contributed by atoms with E-state index in [0.29, 0.717) is 22.9 Å². The topological polar surface area (TPSA) is 68.2 Å². The Kier molecular flexibility index (Phi) is 6.64. The molecule has 5 rings (SSSR count). The molecule has 0 radical (unpaired) electrons. The first-order valence-corrected chi connectivity index (χ1v) is 12.3. The van der Waals surface area contributed by atoms with Crippen molar-refractivity contribution >= 4 is 17.4 Å². The second kappa shape index (κ2) is 9.87. The summed E-state index contributed by atoms with van der Waals surface area (Å²) in [7, 11) is 1.53. The minimum Gasteiger partial charge on any atom is -0.497 e. The maximum atomic E-state index is 14.0. The molecule has 0 saturated heterocycles. The van der Waals surface area contributed by atoms with E-state index in [9.17, 15) is 18.0 Å². The Hall–Kier alpha value is -3.49. The van der Waals surface area contributed by atoms with E-state index in [2.05, 4.69) is 15.7 Å². The number of nitrogens with one attached hydrogen (secondary N) is 2. The third kappa shape index (κ3) is 4.92. The van der Waals surface area contributed by atoms with Crippen LogP contribution in [0.3, 0.4) is 0 Å². The lowest BCUT2D eigenvalue weighted by atomic mass is 9.84. The molecule has 0 spiro atoms. The zero-order valence-corrected chi connectivity index (χ0v) is 20.0. The predicted octanol–water partition coefficient (Wildman–Crippen LogP) is 6.85. The Balaban J connectivity index is 1.37. The van der Waals surface area contributed by atoms with Gasteiger partial charge in [0.15, 0.2) is 6.04 Å². The molecule has 3 aromatic rings. The summed E-state index contributed by atoms with van der Waals surface area (Å²) in [6.07, 6.45) is 2.54. The molecular weight excluding hydrogens is 469 g/mol. The smallest absolute Gasteiger partial charge is 0.410 e. The summed E-state index contributed by atoms with van der Waals surface area (Å²) in [4.78, 5) is 13.1. The minimum absolute atomic E-state index is 0.0562. The quantitative estimate of drug-likeness (QED) is 0.404. The minimum atomic E-state index is -4.52. The Morgan fingerprint density at radius 2 is 1.69 bits per heavy atom. The van der Waals surface area contributed by atoms with E-state index in [4.69, 9.17) is 4.74 Å². The third-order valence-corrected chi connectivity index (χ3v) is 7.25. The number of aromatic nitrogens is 2. The molecule has 2 aliphatic rings. The molecule has 36 heavy (non-hydrogen) atoms. The largest absolute Gasteiger partial charge is 0.497 e. The van der Waals surface area contributed by atoms with Gasteiger partial charge >= 0.3 is 6.18 Å². The number of rotatable bonds is 5. The number of ether oxygens (including phenoxy) is 1. The lowest BCUT2D eigenvalue weighted by Crippen LogP contribution is -2.36. The van der Waals surface area contributed by atoms with Crippen LogP contribution in [0.25, 0.3) is 0 Å². The molecule has 1 aromatic heterocycles. The van der Waals surface area contributed by atoms with Crippen molar-refractivity contribution in [2.24, 2.45) is 0 Å². The van der Waals surface area contributed by atoms with Gasteiger partial charge in [-0.1, -0.05) is 43.5 Å². The standard InChI is InChI=1S/C27H29F3N4O2/c1-36-21-13-9-19(10-14-21)23-15-24(27(28,29)30)34-25(33-23)22(16-31-34)26(35)32-20-11-7-18(8-12-20)17-5-3-2-4-6-17/h7-14,16-17,23-24,33H,2-6,15H2,1H3,(H,32,35). The molecule has 2 unspecified atom stereocenters. The van der Waals surface area contributed by atoms with Gasteiger partial charge in [0, 0.05) is 12.1 Å². The SMILES string of the molecule is COc1ccc(C2CC(C(F)(F)F)n3ncc(C(=O)Nc4ccc(C5CCCCC5)cc4)c3N2)cc1. The number of amides is 1. The van der Waals surface area contributed by atoms with Gasteiger partial charge in [-0.3, -0.25) is 4.79 Å². The number of hydrogen-bond acceptors (Lipinski definition) is 4. The molecule has 2 aromatic carbocycles. The molecule has 0 bridgehead atoms. The predicted molar refractivity (Wildman–Crippen MR) is 132 cm³/mol. The molecular formula is C27H29F3N4O2. The number of carbonyl (C=O) groups excluding carboxylic acids is 1. The number of nitrogens with zero attached hydrogens (tertiary/aromatic N) is 2. The van der Waals surface area contributed by atoms with Gasteiger partial charge in [0.25, 0.3) is 5.91 Å². The van der Waals surface area contributed by atoms with Crippen LogP contribution in [0.2, 0.25) is 0 Å².